The second-order valence-corrected chi connectivity index (χ2v) is 1.68. The summed E-state index contributed by atoms with van der Waals surface area (Å²) in [6.07, 6.45) is 1.09. The van der Waals surface area contributed by atoms with E-state index in [2.05, 4.69) is 17.0 Å². The molecule has 12 heavy (non-hydrogen) atoms. The number of ether oxygens (including phenoxy) is 1. The van der Waals surface area contributed by atoms with Crippen molar-refractivity contribution < 1.29 is 19.4 Å². The van der Waals surface area contributed by atoms with E-state index in [1.807, 2.05) is 5.32 Å². The van der Waals surface area contributed by atoms with Gasteiger partial charge in [0.2, 0.25) is 0 Å². The number of rotatable bonds is 3. The first-order valence-corrected chi connectivity index (χ1v) is 3.15. The van der Waals surface area contributed by atoms with Gasteiger partial charge in [0, 0.05) is 6.20 Å². The van der Waals surface area contributed by atoms with Crippen molar-refractivity contribution in [2.24, 2.45) is 0 Å². The summed E-state index contributed by atoms with van der Waals surface area (Å²) in [6, 6.07) is 0. The van der Waals surface area contributed by atoms with Gasteiger partial charge in [0.05, 0.1) is 6.61 Å². The van der Waals surface area contributed by atoms with Crippen molar-refractivity contribution in [1.82, 2.24) is 5.32 Å². The molecule has 0 fully saturated rings. The summed E-state index contributed by atoms with van der Waals surface area (Å²) in [4.78, 5) is 21.2. The number of aliphatic hydroxyl groups is 1. The van der Waals surface area contributed by atoms with Crippen LogP contribution in [0.2, 0.25) is 0 Å². The molecule has 0 rings (SSSR count). The van der Waals surface area contributed by atoms with E-state index in [0.29, 0.717) is 0 Å². The van der Waals surface area contributed by atoms with Crippen LogP contribution in [0.4, 0.5) is 0 Å². The van der Waals surface area contributed by atoms with Gasteiger partial charge in [-0.1, -0.05) is 6.58 Å². The average Bonchev–Trinajstić information content (AvgIpc) is 2.10. The molecule has 0 saturated heterocycles. The molecular weight excluding hydrogens is 162 g/mol. The number of nitrogens with one attached hydrogen (secondary N) is 1. The first kappa shape index (κ1) is 10.4. The number of esters is 1. The van der Waals surface area contributed by atoms with Crippen molar-refractivity contribution in [3.63, 3.8) is 0 Å². The van der Waals surface area contributed by atoms with E-state index in [0.717, 1.165) is 6.20 Å². The molecule has 0 bridgehead atoms. The molecule has 0 aromatic heterocycles. The number of carbonyl (C=O) groups excluding carboxylic acids is 2. The molecule has 5 heteroatoms. The third-order valence-electron chi connectivity index (χ3n) is 0.815. The summed E-state index contributed by atoms with van der Waals surface area (Å²) in [6.45, 7) is 2.67. The predicted octanol–water partition coefficient (Wildman–Crippen LogP) is -1.06. The highest BCUT2D eigenvalue weighted by molar-refractivity contribution is 6.32. The Labute approximate surface area is 69.3 Å². The largest absolute Gasteiger partial charge is 0.456 e. The van der Waals surface area contributed by atoms with Crippen LogP contribution >= 0.6 is 0 Å². The lowest BCUT2D eigenvalue weighted by Gasteiger charge is -1.99. The van der Waals surface area contributed by atoms with Crippen LogP contribution in [0.25, 0.3) is 0 Å². The van der Waals surface area contributed by atoms with Crippen LogP contribution in [0.3, 0.4) is 0 Å². The second-order valence-electron chi connectivity index (χ2n) is 1.68. The Hall–Kier alpha value is -1.58. The number of carbonyl (C=O) groups is 2. The summed E-state index contributed by atoms with van der Waals surface area (Å²) in [5.74, 6) is -1.96. The monoisotopic (exact) mass is 171 g/mol. The summed E-state index contributed by atoms with van der Waals surface area (Å²) in [7, 11) is 0. The zero-order valence-corrected chi connectivity index (χ0v) is 6.37. The molecule has 0 saturated carbocycles. The molecule has 1 amide bonds. The molecule has 0 spiro atoms. The van der Waals surface area contributed by atoms with E-state index in [-0.39, 0.29) is 13.2 Å². The SMILES string of the molecule is C=C=CNC(=O)C(=O)OCCO. The zero-order valence-electron chi connectivity index (χ0n) is 6.37. The van der Waals surface area contributed by atoms with Gasteiger partial charge in [-0.15, -0.1) is 5.73 Å². The van der Waals surface area contributed by atoms with E-state index in [1.54, 1.807) is 0 Å². The summed E-state index contributed by atoms with van der Waals surface area (Å²) < 4.78 is 4.28. The Balaban J connectivity index is 3.77. The van der Waals surface area contributed by atoms with Gasteiger partial charge in [0.25, 0.3) is 0 Å². The van der Waals surface area contributed by atoms with E-state index >= 15 is 0 Å². The van der Waals surface area contributed by atoms with Crippen LogP contribution in [0, 0.1) is 0 Å². The number of hydrogen-bond donors (Lipinski definition) is 2. The predicted molar refractivity (Wildman–Crippen MR) is 39.9 cm³/mol. The first-order valence-electron chi connectivity index (χ1n) is 3.15. The van der Waals surface area contributed by atoms with Crippen LogP contribution < -0.4 is 5.32 Å². The molecular formula is C7H9NO4. The van der Waals surface area contributed by atoms with Crippen LogP contribution in [-0.2, 0) is 14.3 Å². The van der Waals surface area contributed by atoms with Crippen molar-refractivity contribution in [2.75, 3.05) is 13.2 Å². The zero-order chi connectivity index (χ0) is 9.40. The van der Waals surface area contributed by atoms with Crippen molar-refractivity contribution in [1.29, 1.82) is 0 Å². The Morgan fingerprint density at radius 2 is 2.33 bits per heavy atom. The summed E-state index contributed by atoms with van der Waals surface area (Å²) in [5, 5.41) is 10.3. The Morgan fingerprint density at radius 3 is 2.83 bits per heavy atom. The number of aliphatic hydroxyl groups excluding tert-OH is 1. The lowest BCUT2D eigenvalue weighted by atomic mass is 10.6. The smallest absolute Gasteiger partial charge is 0.397 e. The van der Waals surface area contributed by atoms with Crippen molar-refractivity contribution in [2.45, 2.75) is 0 Å². The second kappa shape index (κ2) is 6.15. The molecule has 0 radical (unpaired) electrons. The highest BCUT2D eigenvalue weighted by Crippen LogP contribution is 1.77. The molecule has 66 valence electrons. The van der Waals surface area contributed by atoms with Crippen molar-refractivity contribution in [3.05, 3.63) is 18.5 Å². The fraction of sp³-hybridized carbons (Fsp3) is 0.286. The van der Waals surface area contributed by atoms with E-state index in [1.165, 1.54) is 0 Å². The fourth-order valence-electron chi connectivity index (χ4n) is 0.379. The van der Waals surface area contributed by atoms with E-state index < -0.39 is 11.9 Å². The Kier molecular flexibility index (Phi) is 5.34. The average molecular weight is 171 g/mol. The van der Waals surface area contributed by atoms with Gasteiger partial charge in [0.15, 0.2) is 0 Å². The molecule has 5 nitrogen and oxygen atoms in total. The van der Waals surface area contributed by atoms with Gasteiger partial charge in [0.1, 0.15) is 6.61 Å². The van der Waals surface area contributed by atoms with Gasteiger partial charge in [-0.2, -0.15) is 0 Å². The van der Waals surface area contributed by atoms with Gasteiger partial charge in [-0.05, 0) is 0 Å². The minimum Gasteiger partial charge on any atom is -0.456 e. The standard InChI is InChI=1S/C7H9NO4/c1-2-3-8-6(10)7(11)12-5-4-9/h3,9H,1,4-5H2,(H,8,10). The third kappa shape index (κ3) is 4.27. The number of amides is 1. The topological polar surface area (TPSA) is 75.6 Å². The molecule has 0 aliphatic rings. The van der Waals surface area contributed by atoms with Crippen molar-refractivity contribution >= 4 is 11.9 Å². The molecule has 0 atom stereocenters. The molecule has 0 heterocycles. The normalized spacial score (nSPS) is 8.08. The maximum Gasteiger partial charge on any atom is 0.397 e. The molecule has 0 aromatic rings. The van der Waals surface area contributed by atoms with Gasteiger partial charge in [-0.3, -0.25) is 4.79 Å². The fourth-order valence-corrected chi connectivity index (χ4v) is 0.379. The maximum absolute atomic E-state index is 10.6. The highest BCUT2D eigenvalue weighted by Gasteiger charge is 2.12. The molecule has 0 aliphatic heterocycles. The summed E-state index contributed by atoms with van der Waals surface area (Å²) in [5.41, 5.74) is 2.25. The lowest BCUT2D eigenvalue weighted by molar-refractivity contribution is -0.155. The Morgan fingerprint density at radius 1 is 1.67 bits per heavy atom. The van der Waals surface area contributed by atoms with Crippen LogP contribution in [0.1, 0.15) is 0 Å². The van der Waals surface area contributed by atoms with E-state index in [4.69, 9.17) is 5.11 Å². The lowest BCUT2D eigenvalue weighted by Crippen LogP contribution is -2.29. The van der Waals surface area contributed by atoms with E-state index in [9.17, 15) is 9.59 Å². The minimum atomic E-state index is -1.05. The summed E-state index contributed by atoms with van der Waals surface area (Å²) >= 11 is 0. The van der Waals surface area contributed by atoms with Gasteiger partial charge >= 0.3 is 11.9 Å². The van der Waals surface area contributed by atoms with Crippen LogP contribution in [-0.4, -0.2) is 30.2 Å². The first-order chi connectivity index (χ1) is 5.72. The van der Waals surface area contributed by atoms with Gasteiger partial charge < -0.3 is 15.2 Å². The maximum atomic E-state index is 10.6. The third-order valence-corrected chi connectivity index (χ3v) is 0.815. The molecule has 0 aromatic carbocycles. The molecule has 0 aliphatic carbocycles. The molecule has 0 unspecified atom stereocenters. The highest BCUT2D eigenvalue weighted by atomic mass is 16.5. The number of hydrogen-bond acceptors (Lipinski definition) is 4. The van der Waals surface area contributed by atoms with Gasteiger partial charge in [-0.25, -0.2) is 4.79 Å². The van der Waals surface area contributed by atoms with Crippen LogP contribution in [0.15, 0.2) is 18.5 Å². The quantitative estimate of drug-likeness (QED) is 0.322. The van der Waals surface area contributed by atoms with Crippen LogP contribution in [0.5, 0.6) is 0 Å². The molecule has 2 N–H and O–H groups in total. The van der Waals surface area contributed by atoms with Crippen molar-refractivity contribution in [3.8, 4) is 0 Å². The minimum absolute atomic E-state index is 0.190. The Bertz CT molecular complexity index is 217.